The maximum Gasteiger partial charge on any atom is 0.134 e. The van der Waals surface area contributed by atoms with Crippen LogP contribution in [0, 0.1) is 0 Å². The van der Waals surface area contributed by atoms with E-state index < -0.39 is 0 Å². The third kappa shape index (κ3) is 3.97. The average Bonchev–Trinajstić information content (AvgIpc) is 2.61. The summed E-state index contributed by atoms with van der Waals surface area (Å²) >= 11 is 3.44. The second kappa shape index (κ2) is 6.30. The maximum atomic E-state index is 8.72. The predicted octanol–water partition coefficient (Wildman–Crippen LogP) is 2.85. The van der Waals surface area contributed by atoms with Crippen molar-refractivity contribution in [3.05, 3.63) is 22.6 Å². The fourth-order valence-electron chi connectivity index (χ4n) is 1.60. The molecule has 2 atom stereocenters. The lowest BCUT2D eigenvalue weighted by molar-refractivity contribution is 0.272. The molecule has 1 heterocycles. The van der Waals surface area contributed by atoms with E-state index in [9.17, 15) is 0 Å². The van der Waals surface area contributed by atoms with Gasteiger partial charge in [-0.2, -0.15) is 0 Å². The van der Waals surface area contributed by atoms with Crippen LogP contribution in [0.4, 0.5) is 0 Å². The first-order valence-electron chi connectivity index (χ1n) is 5.25. The monoisotopic (exact) mass is 275 g/mol. The Bertz CT molecular complexity index is 288. The number of hydrogen-bond donors (Lipinski definition) is 2. The van der Waals surface area contributed by atoms with Crippen LogP contribution in [-0.4, -0.2) is 17.8 Å². The number of aliphatic hydroxyl groups is 1. The maximum absolute atomic E-state index is 8.72. The van der Waals surface area contributed by atoms with Gasteiger partial charge < -0.3 is 14.8 Å². The van der Waals surface area contributed by atoms with Crippen molar-refractivity contribution < 1.29 is 9.52 Å². The largest absolute Gasteiger partial charge is 0.466 e. The quantitative estimate of drug-likeness (QED) is 0.839. The molecule has 1 aromatic rings. The summed E-state index contributed by atoms with van der Waals surface area (Å²) in [5.41, 5.74) is 0. The summed E-state index contributed by atoms with van der Waals surface area (Å²) in [5.74, 6) is 0.922. The summed E-state index contributed by atoms with van der Waals surface area (Å²) in [6.07, 6.45) is 3.48. The molecule has 2 unspecified atom stereocenters. The normalized spacial score (nSPS) is 15.2. The number of halogens is 1. The number of rotatable bonds is 6. The SMILES string of the molecule is CC(CCCO)NC(C)c1occc1Br. The first kappa shape index (κ1) is 12.7. The molecule has 0 saturated carbocycles. The fourth-order valence-corrected chi connectivity index (χ4v) is 2.14. The third-order valence-corrected chi connectivity index (χ3v) is 3.02. The molecule has 0 amide bonds. The molecule has 0 aromatic carbocycles. The van der Waals surface area contributed by atoms with Gasteiger partial charge in [0.15, 0.2) is 0 Å². The van der Waals surface area contributed by atoms with Crippen LogP contribution in [0.1, 0.15) is 38.5 Å². The Morgan fingerprint density at radius 1 is 1.53 bits per heavy atom. The van der Waals surface area contributed by atoms with Crippen LogP contribution >= 0.6 is 15.9 Å². The van der Waals surface area contributed by atoms with Crippen molar-refractivity contribution in [2.75, 3.05) is 6.61 Å². The van der Waals surface area contributed by atoms with E-state index in [2.05, 4.69) is 35.1 Å². The minimum atomic E-state index is 0.183. The van der Waals surface area contributed by atoms with Gasteiger partial charge in [0.2, 0.25) is 0 Å². The van der Waals surface area contributed by atoms with Crippen LogP contribution in [0.15, 0.2) is 21.2 Å². The summed E-state index contributed by atoms with van der Waals surface area (Å²) in [6, 6.07) is 2.46. The van der Waals surface area contributed by atoms with Crippen LogP contribution in [0.3, 0.4) is 0 Å². The molecule has 0 spiro atoms. The summed E-state index contributed by atoms with van der Waals surface area (Å²) in [6.45, 7) is 4.44. The molecule has 1 aromatic heterocycles. The van der Waals surface area contributed by atoms with E-state index in [1.807, 2.05) is 6.07 Å². The molecule has 2 N–H and O–H groups in total. The Morgan fingerprint density at radius 3 is 2.80 bits per heavy atom. The number of furan rings is 1. The van der Waals surface area contributed by atoms with Crippen LogP contribution in [0.5, 0.6) is 0 Å². The van der Waals surface area contributed by atoms with E-state index >= 15 is 0 Å². The van der Waals surface area contributed by atoms with Crippen LogP contribution in [0.25, 0.3) is 0 Å². The summed E-state index contributed by atoms with van der Waals surface area (Å²) in [7, 11) is 0. The fraction of sp³-hybridized carbons (Fsp3) is 0.636. The molecule has 0 aliphatic carbocycles. The molecule has 0 bridgehead atoms. The molecule has 0 fully saturated rings. The van der Waals surface area contributed by atoms with Crippen molar-refractivity contribution in [1.82, 2.24) is 5.32 Å². The molecular formula is C11H18BrNO2. The van der Waals surface area contributed by atoms with Gasteiger partial charge in [0, 0.05) is 12.6 Å². The topological polar surface area (TPSA) is 45.4 Å². The van der Waals surface area contributed by atoms with Crippen LogP contribution < -0.4 is 5.32 Å². The first-order chi connectivity index (χ1) is 7.15. The van der Waals surface area contributed by atoms with Crippen molar-refractivity contribution in [2.24, 2.45) is 0 Å². The Hall–Kier alpha value is -0.320. The van der Waals surface area contributed by atoms with Gasteiger partial charge in [-0.25, -0.2) is 0 Å². The summed E-state index contributed by atoms with van der Waals surface area (Å²) < 4.78 is 6.37. The van der Waals surface area contributed by atoms with E-state index in [1.54, 1.807) is 6.26 Å². The van der Waals surface area contributed by atoms with E-state index in [1.165, 1.54) is 0 Å². The zero-order valence-electron chi connectivity index (χ0n) is 9.16. The Labute approximate surface area is 99.0 Å². The molecule has 4 heteroatoms. The Kier molecular flexibility index (Phi) is 5.36. The highest BCUT2D eigenvalue weighted by atomic mass is 79.9. The van der Waals surface area contributed by atoms with Crippen LogP contribution in [-0.2, 0) is 0 Å². The summed E-state index contributed by atoms with van der Waals surface area (Å²) in [5, 5.41) is 12.1. The van der Waals surface area contributed by atoms with Gasteiger partial charge >= 0.3 is 0 Å². The number of hydrogen-bond acceptors (Lipinski definition) is 3. The van der Waals surface area contributed by atoms with Crippen molar-refractivity contribution >= 4 is 15.9 Å². The lowest BCUT2D eigenvalue weighted by atomic mass is 10.1. The Balaban J connectivity index is 2.42. The zero-order chi connectivity index (χ0) is 11.3. The van der Waals surface area contributed by atoms with E-state index in [0.717, 1.165) is 23.1 Å². The minimum Gasteiger partial charge on any atom is -0.466 e. The Morgan fingerprint density at radius 2 is 2.27 bits per heavy atom. The highest BCUT2D eigenvalue weighted by molar-refractivity contribution is 9.10. The standard InChI is InChI=1S/C11H18BrNO2/c1-8(4-3-6-14)13-9(2)11-10(12)5-7-15-11/h5,7-9,13-14H,3-4,6H2,1-2H3. The van der Waals surface area contributed by atoms with Crippen molar-refractivity contribution in [1.29, 1.82) is 0 Å². The molecule has 0 aliphatic rings. The van der Waals surface area contributed by atoms with Gasteiger partial charge in [0.1, 0.15) is 5.76 Å². The second-order valence-corrected chi connectivity index (χ2v) is 4.64. The zero-order valence-corrected chi connectivity index (χ0v) is 10.8. The van der Waals surface area contributed by atoms with Crippen molar-refractivity contribution in [3.8, 4) is 0 Å². The molecule has 0 radical (unpaired) electrons. The lowest BCUT2D eigenvalue weighted by Crippen LogP contribution is -2.29. The minimum absolute atomic E-state index is 0.183. The highest BCUT2D eigenvalue weighted by Gasteiger charge is 2.14. The average molecular weight is 276 g/mol. The van der Waals surface area contributed by atoms with Crippen LogP contribution in [0.2, 0.25) is 0 Å². The first-order valence-corrected chi connectivity index (χ1v) is 6.04. The van der Waals surface area contributed by atoms with Gasteiger partial charge in [0.05, 0.1) is 16.8 Å². The van der Waals surface area contributed by atoms with Crippen molar-refractivity contribution in [2.45, 2.75) is 38.8 Å². The van der Waals surface area contributed by atoms with Gasteiger partial charge in [-0.15, -0.1) is 0 Å². The summed E-state index contributed by atoms with van der Waals surface area (Å²) in [4.78, 5) is 0. The molecular weight excluding hydrogens is 258 g/mol. The molecule has 15 heavy (non-hydrogen) atoms. The van der Waals surface area contributed by atoms with Gasteiger partial charge in [-0.1, -0.05) is 0 Å². The highest BCUT2D eigenvalue weighted by Crippen LogP contribution is 2.24. The second-order valence-electron chi connectivity index (χ2n) is 3.79. The predicted molar refractivity (Wildman–Crippen MR) is 63.7 cm³/mol. The third-order valence-electron chi connectivity index (χ3n) is 2.37. The molecule has 0 saturated heterocycles. The smallest absolute Gasteiger partial charge is 0.134 e. The molecule has 86 valence electrons. The molecule has 0 aliphatic heterocycles. The van der Waals surface area contributed by atoms with E-state index in [-0.39, 0.29) is 12.6 Å². The van der Waals surface area contributed by atoms with Gasteiger partial charge in [-0.3, -0.25) is 0 Å². The van der Waals surface area contributed by atoms with Gasteiger partial charge in [0.25, 0.3) is 0 Å². The van der Waals surface area contributed by atoms with Crippen molar-refractivity contribution in [3.63, 3.8) is 0 Å². The molecule has 3 nitrogen and oxygen atoms in total. The van der Waals surface area contributed by atoms with Gasteiger partial charge in [-0.05, 0) is 48.7 Å². The number of nitrogens with one attached hydrogen (secondary N) is 1. The lowest BCUT2D eigenvalue weighted by Gasteiger charge is -2.18. The number of aliphatic hydroxyl groups excluding tert-OH is 1. The van der Waals surface area contributed by atoms with E-state index in [0.29, 0.717) is 6.04 Å². The van der Waals surface area contributed by atoms with E-state index in [4.69, 9.17) is 9.52 Å². The molecule has 1 rings (SSSR count).